The Morgan fingerprint density at radius 3 is 2.46 bits per heavy atom. The quantitative estimate of drug-likeness (QED) is 0.642. The number of benzene rings is 2. The third-order valence-electron chi connectivity index (χ3n) is 5.06. The van der Waals surface area contributed by atoms with Gasteiger partial charge < -0.3 is 15.2 Å². The molecular weight excluding hydrogens is 356 g/mol. The van der Waals surface area contributed by atoms with Crippen molar-refractivity contribution in [3.63, 3.8) is 0 Å². The summed E-state index contributed by atoms with van der Waals surface area (Å²) in [6, 6.07) is 13.1. The number of nitrogens with one attached hydrogen (secondary N) is 1. The second kappa shape index (κ2) is 6.56. The van der Waals surface area contributed by atoms with Crippen LogP contribution in [0.1, 0.15) is 25.5 Å². The summed E-state index contributed by atoms with van der Waals surface area (Å²) in [5.74, 6) is -2.09. The molecule has 0 aliphatic carbocycles. The highest BCUT2D eigenvalue weighted by molar-refractivity contribution is 6.17. The number of phenolic OH excluding ortho intramolecular Hbond substituents is 1. The van der Waals surface area contributed by atoms with Crippen LogP contribution < -0.4 is 4.90 Å². The maximum Gasteiger partial charge on any atom is 0.294 e. The number of aliphatic hydroxyl groups is 1. The number of aromatic nitrogens is 1. The molecule has 2 heterocycles. The lowest BCUT2D eigenvalue weighted by Crippen LogP contribution is -2.31. The predicted molar refractivity (Wildman–Crippen MR) is 106 cm³/mol. The van der Waals surface area contributed by atoms with E-state index in [0.717, 1.165) is 10.9 Å². The molecule has 1 aromatic heterocycles. The van der Waals surface area contributed by atoms with Crippen molar-refractivity contribution in [2.24, 2.45) is 5.92 Å². The number of fused-ring (bicyclic) bond motifs is 1. The minimum atomic E-state index is -0.841. The Balaban J connectivity index is 1.98. The van der Waals surface area contributed by atoms with Gasteiger partial charge in [0.05, 0.1) is 17.3 Å². The molecule has 1 atom stereocenters. The second-order valence-corrected chi connectivity index (χ2v) is 7.14. The lowest BCUT2D eigenvalue weighted by atomic mass is 9.91. The van der Waals surface area contributed by atoms with Gasteiger partial charge in [-0.1, -0.05) is 44.2 Å². The van der Waals surface area contributed by atoms with Gasteiger partial charge in [0, 0.05) is 28.6 Å². The van der Waals surface area contributed by atoms with Crippen LogP contribution in [0.15, 0.2) is 66.1 Å². The van der Waals surface area contributed by atoms with Crippen LogP contribution in [0.2, 0.25) is 0 Å². The van der Waals surface area contributed by atoms with Gasteiger partial charge in [0.1, 0.15) is 5.75 Å². The number of hydrogen-bond acceptors (Lipinski definition) is 4. The Morgan fingerprint density at radius 2 is 1.75 bits per heavy atom. The molecule has 6 heteroatoms. The van der Waals surface area contributed by atoms with E-state index in [1.807, 2.05) is 24.3 Å². The fraction of sp³-hybridized carbons (Fsp3) is 0.182. The van der Waals surface area contributed by atoms with E-state index in [1.165, 1.54) is 11.0 Å². The van der Waals surface area contributed by atoms with Crippen molar-refractivity contribution in [1.29, 1.82) is 0 Å². The zero-order valence-electron chi connectivity index (χ0n) is 15.5. The van der Waals surface area contributed by atoms with Crippen LogP contribution in [0.4, 0.5) is 5.69 Å². The molecule has 1 aliphatic rings. The molecule has 142 valence electrons. The van der Waals surface area contributed by atoms with E-state index < -0.39 is 23.6 Å². The van der Waals surface area contributed by atoms with Crippen molar-refractivity contribution in [1.82, 2.24) is 4.98 Å². The molecule has 4 rings (SSSR count). The maximum atomic E-state index is 13.0. The van der Waals surface area contributed by atoms with Crippen LogP contribution >= 0.6 is 0 Å². The highest BCUT2D eigenvalue weighted by atomic mass is 16.3. The van der Waals surface area contributed by atoms with Gasteiger partial charge in [0.2, 0.25) is 0 Å². The number of phenols is 1. The topological polar surface area (TPSA) is 93.6 Å². The molecule has 3 aromatic rings. The first-order valence-corrected chi connectivity index (χ1v) is 9.06. The number of anilines is 1. The molecule has 1 unspecified atom stereocenters. The first-order chi connectivity index (χ1) is 13.4. The number of aromatic amines is 1. The monoisotopic (exact) mass is 376 g/mol. The highest BCUT2D eigenvalue weighted by Gasteiger charge is 2.46. The molecule has 1 amide bonds. The Kier molecular flexibility index (Phi) is 4.19. The normalized spacial score (nSPS) is 17.2. The Morgan fingerprint density at radius 1 is 1.07 bits per heavy atom. The average molecular weight is 376 g/mol. The van der Waals surface area contributed by atoms with E-state index >= 15 is 0 Å². The molecule has 0 spiro atoms. The fourth-order valence-electron chi connectivity index (χ4n) is 3.70. The number of hydrogen-bond donors (Lipinski definition) is 3. The van der Waals surface area contributed by atoms with E-state index in [4.69, 9.17) is 0 Å². The number of nitrogens with zero attached hydrogens (tertiary/aromatic N) is 1. The number of ketones is 1. The summed E-state index contributed by atoms with van der Waals surface area (Å²) in [5, 5.41) is 21.8. The van der Waals surface area contributed by atoms with Crippen LogP contribution in [-0.2, 0) is 9.59 Å². The smallest absolute Gasteiger partial charge is 0.294 e. The van der Waals surface area contributed by atoms with Gasteiger partial charge in [-0.2, -0.15) is 0 Å². The molecule has 28 heavy (non-hydrogen) atoms. The van der Waals surface area contributed by atoms with Gasteiger partial charge in [-0.05, 0) is 18.2 Å². The summed E-state index contributed by atoms with van der Waals surface area (Å²) in [4.78, 5) is 30.4. The van der Waals surface area contributed by atoms with Gasteiger partial charge in [0.15, 0.2) is 11.5 Å². The third kappa shape index (κ3) is 2.57. The summed E-state index contributed by atoms with van der Waals surface area (Å²) in [7, 11) is 0. The third-order valence-corrected chi connectivity index (χ3v) is 5.06. The number of aliphatic hydroxyl groups excluding tert-OH is 1. The molecule has 3 N–H and O–H groups in total. The van der Waals surface area contributed by atoms with Crippen LogP contribution in [0.3, 0.4) is 0 Å². The standard InChI is InChI=1S/C22H20N2O4/c1-12(2)20(26)18-19(14-11-23-15-8-4-3-7-13(14)15)24(22(28)21(18)27)16-9-5-6-10-17(16)25/h3-12,19,23,25,27H,1-2H3. The number of rotatable bonds is 4. The van der Waals surface area contributed by atoms with Gasteiger partial charge in [-0.15, -0.1) is 0 Å². The Labute approximate surface area is 161 Å². The van der Waals surface area contributed by atoms with Crippen LogP contribution in [0.25, 0.3) is 10.9 Å². The average Bonchev–Trinajstić information content (AvgIpc) is 3.21. The lowest BCUT2D eigenvalue weighted by Gasteiger charge is -2.27. The van der Waals surface area contributed by atoms with Crippen LogP contribution in [0, 0.1) is 5.92 Å². The summed E-state index contributed by atoms with van der Waals surface area (Å²) in [6.45, 7) is 3.45. The van der Waals surface area contributed by atoms with E-state index in [2.05, 4.69) is 4.98 Å². The summed E-state index contributed by atoms with van der Waals surface area (Å²) in [6.07, 6.45) is 1.74. The van der Waals surface area contributed by atoms with Gasteiger partial charge in [-0.3, -0.25) is 14.5 Å². The summed E-state index contributed by atoms with van der Waals surface area (Å²) < 4.78 is 0. The van der Waals surface area contributed by atoms with Crippen molar-refractivity contribution in [2.75, 3.05) is 4.90 Å². The number of carbonyl (C=O) groups excluding carboxylic acids is 2. The van der Waals surface area contributed by atoms with E-state index in [-0.39, 0.29) is 22.8 Å². The molecule has 0 bridgehead atoms. The number of carbonyl (C=O) groups is 2. The zero-order valence-corrected chi connectivity index (χ0v) is 15.5. The first-order valence-electron chi connectivity index (χ1n) is 9.06. The number of para-hydroxylation sites is 3. The summed E-state index contributed by atoms with van der Waals surface area (Å²) in [5.41, 5.74) is 1.82. The van der Waals surface area contributed by atoms with Gasteiger partial charge >= 0.3 is 0 Å². The van der Waals surface area contributed by atoms with Crippen molar-refractivity contribution < 1.29 is 19.8 Å². The number of amides is 1. The minimum absolute atomic E-state index is 0.0491. The molecular formula is C22H20N2O4. The Bertz CT molecular complexity index is 1130. The minimum Gasteiger partial charge on any atom is -0.506 e. The van der Waals surface area contributed by atoms with Gasteiger partial charge in [0.25, 0.3) is 5.91 Å². The molecule has 0 saturated heterocycles. The van der Waals surface area contributed by atoms with E-state index in [9.17, 15) is 19.8 Å². The first kappa shape index (κ1) is 17.9. The molecule has 0 saturated carbocycles. The predicted octanol–water partition coefficient (Wildman–Crippen LogP) is 4.00. The van der Waals surface area contributed by atoms with Crippen LogP contribution in [-0.4, -0.2) is 26.9 Å². The SMILES string of the molecule is CC(C)C(=O)C1=C(O)C(=O)N(c2ccccc2O)C1c1c[nH]c2ccccc12. The molecule has 2 aromatic carbocycles. The Hall–Kier alpha value is -3.54. The van der Waals surface area contributed by atoms with E-state index in [0.29, 0.717) is 5.56 Å². The fourth-order valence-corrected chi connectivity index (χ4v) is 3.70. The van der Waals surface area contributed by atoms with Crippen molar-refractivity contribution >= 4 is 28.3 Å². The number of aromatic hydroxyl groups is 1. The lowest BCUT2D eigenvalue weighted by molar-refractivity contribution is -0.119. The maximum absolute atomic E-state index is 13.0. The van der Waals surface area contributed by atoms with Gasteiger partial charge in [-0.25, -0.2) is 0 Å². The second-order valence-electron chi connectivity index (χ2n) is 7.14. The van der Waals surface area contributed by atoms with Crippen LogP contribution in [0.5, 0.6) is 5.75 Å². The number of Topliss-reactive ketones (excluding diaryl/α,β-unsaturated/α-hetero) is 1. The molecule has 1 aliphatic heterocycles. The molecule has 0 radical (unpaired) electrons. The highest BCUT2D eigenvalue weighted by Crippen LogP contribution is 2.45. The van der Waals surface area contributed by atoms with Crippen molar-refractivity contribution in [2.45, 2.75) is 19.9 Å². The number of H-pyrrole nitrogens is 1. The van der Waals surface area contributed by atoms with E-state index in [1.54, 1.807) is 38.2 Å². The van der Waals surface area contributed by atoms with Crippen molar-refractivity contribution in [3.8, 4) is 5.75 Å². The van der Waals surface area contributed by atoms with Crippen molar-refractivity contribution in [3.05, 3.63) is 71.6 Å². The molecule has 0 fully saturated rings. The largest absolute Gasteiger partial charge is 0.506 e. The summed E-state index contributed by atoms with van der Waals surface area (Å²) >= 11 is 0. The zero-order chi connectivity index (χ0) is 20.0. The molecule has 6 nitrogen and oxygen atoms in total.